The fourth-order valence-corrected chi connectivity index (χ4v) is 2.48. The van der Waals surface area contributed by atoms with Crippen LogP contribution in [0.3, 0.4) is 0 Å². The Labute approximate surface area is 97.2 Å². The van der Waals surface area contributed by atoms with Gasteiger partial charge in [0.25, 0.3) is 0 Å². The molecule has 1 aromatic rings. The third-order valence-corrected chi connectivity index (χ3v) is 3.25. The number of fused-ring (bicyclic) bond motifs is 1. The first-order chi connectivity index (χ1) is 7.68. The molecule has 84 valence electrons. The van der Waals surface area contributed by atoms with Crippen molar-refractivity contribution in [1.82, 2.24) is 0 Å². The van der Waals surface area contributed by atoms with E-state index >= 15 is 0 Å². The van der Waals surface area contributed by atoms with Gasteiger partial charge < -0.3 is 0 Å². The summed E-state index contributed by atoms with van der Waals surface area (Å²) in [5, 5.41) is 0. The summed E-state index contributed by atoms with van der Waals surface area (Å²) in [4.78, 5) is 12.3. The zero-order valence-corrected chi connectivity index (χ0v) is 9.83. The van der Waals surface area contributed by atoms with Crippen molar-refractivity contribution in [3.8, 4) is 0 Å². The number of hydrogen-bond donors (Lipinski definition) is 0. The Bertz CT molecular complexity index is 417. The van der Waals surface area contributed by atoms with Crippen LogP contribution in [0.15, 0.2) is 36.4 Å². The van der Waals surface area contributed by atoms with Crippen LogP contribution in [-0.4, -0.2) is 5.78 Å². The van der Waals surface area contributed by atoms with Crippen LogP contribution in [0.1, 0.15) is 42.1 Å². The standard InChI is InChI=1S/C15H18O/c1-11(2)10-13-8-5-7-12-6-3-4-9-14(12)15(13)16/h3-4,6,9,13H,1,5,7-8,10H2,2H3. The number of ketones is 1. The minimum Gasteiger partial charge on any atom is -0.294 e. The molecule has 0 amide bonds. The summed E-state index contributed by atoms with van der Waals surface area (Å²) >= 11 is 0. The third-order valence-electron chi connectivity index (χ3n) is 3.25. The van der Waals surface area contributed by atoms with Crippen LogP contribution in [0.2, 0.25) is 0 Å². The molecule has 0 N–H and O–H groups in total. The summed E-state index contributed by atoms with van der Waals surface area (Å²) in [5.41, 5.74) is 3.26. The fraction of sp³-hybridized carbons (Fsp3) is 0.400. The van der Waals surface area contributed by atoms with Gasteiger partial charge in [-0.15, -0.1) is 6.58 Å². The van der Waals surface area contributed by atoms with Gasteiger partial charge in [0.1, 0.15) is 0 Å². The summed E-state index contributed by atoms with van der Waals surface area (Å²) in [6, 6.07) is 8.02. The van der Waals surface area contributed by atoms with Gasteiger partial charge in [0, 0.05) is 11.5 Å². The number of rotatable bonds is 2. The molecule has 0 spiro atoms. The average molecular weight is 214 g/mol. The second kappa shape index (κ2) is 4.65. The van der Waals surface area contributed by atoms with E-state index in [1.54, 1.807) is 0 Å². The van der Waals surface area contributed by atoms with Gasteiger partial charge in [-0.2, -0.15) is 0 Å². The number of Topliss-reactive ketones (excluding diaryl/α,β-unsaturated/α-hetero) is 1. The summed E-state index contributed by atoms with van der Waals surface area (Å²) < 4.78 is 0. The van der Waals surface area contributed by atoms with Crippen LogP contribution >= 0.6 is 0 Å². The molecule has 0 saturated heterocycles. The van der Waals surface area contributed by atoms with Crippen molar-refractivity contribution in [1.29, 1.82) is 0 Å². The smallest absolute Gasteiger partial charge is 0.166 e. The van der Waals surface area contributed by atoms with Crippen LogP contribution in [0.25, 0.3) is 0 Å². The highest BCUT2D eigenvalue weighted by Crippen LogP contribution is 2.28. The van der Waals surface area contributed by atoms with Gasteiger partial charge in [0.05, 0.1) is 0 Å². The maximum absolute atomic E-state index is 12.3. The van der Waals surface area contributed by atoms with Gasteiger partial charge in [0.15, 0.2) is 5.78 Å². The Hall–Kier alpha value is -1.37. The van der Waals surface area contributed by atoms with Crippen LogP contribution in [-0.2, 0) is 6.42 Å². The van der Waals surface area contributed by atoms with E-state index < -0.39 is 0 Å². The van der Waals surface area contributed by atoms with E-state index in [1.807, 2.05) is 25.1 Å². The Morgan fingerprint density at radius 2 is 2.19 bits per heavy atom. The van der Waals surface area contributed by atoms with Crippen molar-refractivity contribution in [2.24, 2.45) is 5.92 Å². The Morgan fingerprint density at radius 3 is 2.94 bits per heavy atom. The molecule has 1 atom stereocenters. The van der Waals surface area contributed by atoms with E-state index in [2.05, 4.69) is 12.6 Å². The van der Waals surface area contributed by atoms with Crippen LogP contribution in [0.5, 0.6) is 0 Å². The van der Waals surface area contributed by atoms with Crippen molar-refractivity contribution >= 4 is 5.78 Å². The number of allylic oxidation sites excluding steroid dienone is 1. The first-order valence-electron chi connectivity index (χ1n) is 5.95. The first-order valence-corrected chi connectivity index (χ1v) is 5.95. The predicted octanol–water partition coefficient (Wildman–Crippen LogP) is 3.79. The Balaban J connectivity index is 2.30. The second-order valence-electron chi connectivity index (χ2n) is 4.77. The van der Waals surface area contributed by atoms with E-state index in [0.29, 0.717) is 5.78 Å². The van der Waals surface area contributed by atoms with Gasteiger partial charge in [-0.25, -0.2) is 0 Å². The van der Waals surface area contributed by atoms with Crippen molar-refractivity contribution in [2.45, 2.75) is 32.6 Å². The molecule has 1 unspecified atom stereocenters. The number of benzene rings is 1. The van der Waals surface area contributed by atoms with E-state index in [9.17, 15) is 4.79 Å². The van der Waals surface area contributed by atoms with Gasteiger partial charge in [-0.3, -0.25) is 4.79 Å². The topological polar surface area (TPSA) is 17.1 Å². The number of carbonyl (C=O) groups is 1. The molecule has 1 heteroatoms. The molecule has 0 fully saturated rings. The van der Waals surface area contributed by atoms with E-state index in [0.717, 1.165) is 36.8 Å². The lowest BCUT2D eigenvalue weighted by Gasteiger charge is -2.13. The summed E-state index contributed by atoms with van der Waals surface area (Å²) in [6.07, 6.45) is 3.99. The zero-order valence-electron chi connectivity index (χ0n) is 9.83. The Morgan fingerprint density at radius 1 is 1.44 bits per heavy atom. The minimum atomic E-state index is 0.154. The van der Waals surface area contributed by atoms with Crippen LogP contribution < -0.4 is 0 Å². The lowest BCUT2D eigenvalue weighted by atomic mass is 9.90. The molecule has 0 saturated carbocycles. The third kappa shape index (κ3) is 2.24. The molecule has 0 aliphatic heterocycles. The van der Waals surface area contributed by atoms with Crippen molar-refractivity contribution in [3.05, 3.63) is 47.5 Å². The lowest BCUT2D eigenvalue weighted by molar-refractivity contribution is 0.0915. The van der Waals surface area contributed by atoms with E-state index in [1.165, 1.54) is 5.56 Å². The molecule has 0 heterocycles. The van der Waals surface area contributed by atoms with E-state index in [4.69, 9.17) is 0 Å². The molecular formula is C15H18O. The monoisotopic (exact) mass is 214 g/mol. The fourth-order valence-electron chi connectivity index (χ4n) is 2.48. The van der Waals surface area contributed by atoms with Crippen molar-refractivity contribution in [3.63, 3.8) is 0 Å². The highest BCUT2D eigenvalue weighted by atomic mass is 16.1. The molecule has 16 heavy (non-hydrogen) atoms. The van der Waals surface area contributed by atoms with Crippen LogP contribution in [0, 0.1) is 5.92 Å². The summed E-state index contributed by atoms with van der Waals surface area (Å²) in [5.74, 6) is 0.470. The zero-order chi connectivity index (χ0) is 11.5. The maximum Gasteiger partial charge on any atom is 0.166 e. The highest BCUT2D eigenvalue weighted by Gasteiger charge is 2.24. The average Bonchev–Trinajstić information content (AvgIpc) is 2.40. The molecule has 1 aliphatic rings. The normalized spacial score (nSPS) is 20.1. The first kappa shape index (κ1) is 11.1. The quantitative estimate of drug-likeness (QED) is 0.540. The highest BCUT2D eigenvalue weighted by molar-refractivity contribution is 5.99. The molecule has 1 aliphatic carbocycles. The van der Waals surface area contributed by atoms with Gasteiger partial charge in [0.2, 0.25) is 0 Å². The second-order valence-corrected chi connectivity index (χ2v) is 4.77. The lowest BCUT2D eigenvalue weighted by Crippen LogP contribution is -2.14. The molecule has 2 rings (SSSR count). The largest absolute Gasteiger partial charge is 0.294 e. The van der Waals surface area contributed by atoms with Crippen molar-refractivity contribution in [2.75, 3.05) is 0 Å². The molecule has 1 aromatic carbocycles. The predicted molar refractivity (Wildman–Crippen MR) is 66.6 cm³/mol. The van der Waals surface area contributed by atoms with Crippen molar-refractivity contribution < 1.29 is 4.79 Å². The maximum atomic E-state index is 12.3. The molecule has 0 radical (unpaired) electrons. The minimum absolute atomic E-state index is 0.154. The van der Waals surface area contributed by atoms with Crippen LogP contribution in [0.4, 0.5) is 0 Å². The Kier molecular flexibility index (Phi) is 3.23. The number of carbonyl (C=O) groups excluding carboxylic acids is 1. The summed E-state index contributed by atoms with van der Waals surface area (Å²) in [6.45, 7) is 5.92. The van der Waals surface area contributed by atoms with Gasteiger partial charge in [-0.05, 0) is 38.2 Å². The van der Waals surface area contributed by atoms with Gasteiger partial charge in [-0.1, -0.05) is 29.8 Å². The molecule has 0 bridgehead atoms. The van der Waals surface area contributed by atoms with E-state index in [-0.39, 0.29) is 5.92 Å². The van der Waals surface area contributed by atoms with Gasteiger partial charge >= 0.3 is 0 Å². The number of hydrogen-bond acceptors (Lipinski definition) is 1. The number of aryl methyl sites for hydroxylation is 1. The molecule has 0 aromatic heterocycles. The summed E-state index contributed by atoms with van der Waals surface area (Å²) in [7, 11) is 0. The molecular weight excluding hydrogens is 196 g/mol. The molecule has 1 nitrogen and oxygen atoms in total. The SMILES string of the molecule is C=C(C)CC1CCCc2ccccc2C1=O.